The highest BCUT2D eigenvalue weighted by molar-refractivity contribution is 7.92. The Labute approximate surface area is 156 Å². The molecule has 6 heteroatoms. The summed E-state index contributed by atoms with van der Waals surface area (Å²) in [7, 11) is -3.59. The van der Waals surface area contributed by atoms with E-state index in [1.807, 2.05) is 62.4 Å². The van der Waals surface area contributed by atoms with Gasteiger partial charge in [-0.15, -0.1) is 0 Å². The molecule has 0 aromatic heterocycles. The Morgan fingerprint density at radius 3 is 2.04 bits per heavy atom. The summed E-state index contributed by atoms with van der Waals surface area (Å²) >= 11 is 0. The Morgan fingerprint density at radius 1 is 0.962 bits per heavy atom. The molecule has 0 radical (unpaired) electrons. The lowest BCUT2D eigenvalue weighted by Crippen LogP contribution is -2.41. The number of rotatable bonds is 8. The third-order valence-corrected chi connectivity index (χ3v) is 5.35. The zero-order chi connectivity index (χ0) is 19.2. The molecule has 26 heavy (non-hydrogen) atoms. The van der Waals surface area contributed by atoms with E-state index in [-0.39, 0.29) is 12.5 Å². The van der Waals surface area contributed by atoms with Crippen molar-refractivity contribution >= 4 is 21.6 Å². The van der Waals surface area contributed by atoms with E-state index < -0.39 is 10.0 Å². The van der Waals surface area contributed by atoms with Crippen molar-refractivity contribution in [2.75, 3.05) is 17.1 Å². The molecular formula is C20H26N2O3S. The van der Waals surface area contributed by atoms with Crippen molar-refractivity contribution in [3.05, 3.63) is 65.2 Å². The smallest absolute Gasteiger partial charge is 0.241 e. The van der Waals surface area contributed by atoms with Crippen molar-refractivity contribution in [3.63, 3.8) is 0 Å². The average Bonchev–Trinajstić information content (AvgIpc) is 2.63. The fraction of sp³-hybridized carbons (Fsp3) is 0.350. The van der Waals surface area contributed by atoms with Crippen LogP contribution in [0.15, 0.2) is 48.5 Å². The molecule has 1 N–H and O–H groups in total. The van der Waals surface area contributed by atoms with E-state index in [0.29, 0.717) is 25.1 Å². The van der Waals surface area contributed by atoms with Gasteiger partial charge in [-0.05, 0) is 29.5 Å². The predicted molar refractivity (Wildman–Crippen MR) is 106 cm³/mol. The number of carbonyl (C=O) groups is 1. The maximum absolute atomic E-state index is 12.4. The molecule has 0 saturated carbocycles. The summed E-state index contributed by atoms with van der Waals surface area (Å²) in [5.41, 5.74) is 3.45. The van der Waals surface area contributed by atoms with Gasteiger partial charge >= 0.3 is 0 Å². The van der Waals surface area contributed by atoms with E-state index in [1.54, 1.807) is 0 Å². The minimum Gasteiger partial charge on any atom is -0.350 e. The molecule has 0 unspecified atom stereocenters. The van der Waals surface area contributed by atoms with Crippen LogP contribution in [-0.4, -0.2) is 27.1 Å². The molecule has 0 aliphatic heterocycles. The number of nitrogens with one attached hydrogen (secondary N) is 1. The topological polar surface area (TPSA) is 66.5 Å². The largest absolute Gasteiger partial charge is 0.350 e. The number of nitrogens with zero attached hydrogens (tertiary/aromatic N) is 1. The van der Waals surface area contributed by atoms with E-state index in [9.17, 15) is 13.2 Å². The van der Waals surface area contributed by atoms with Crippen LogP contribution < -0.4 is 9.62 Å². The minimum atomic E-state index is -3.59. The Kier molecular flexibility index (Phi) is 6.80. The van der Waals surface area contributed by atoms with Crippen LogP contribution in [0, 0.1) is 0 Å². The van der Waals surface area contributed by atoms with Gasteiger partial charge in [0.1, 0.15) is 6.54 Å². The lowest BCUT2D eigenvalue weighted by molar-refractivity contribution is -0.119. The number of hydrogen-bond acceptors (Lipinski definition) is 3. The van der Waals surface area contributed by atoms with Crippen molar-refractivity contribution in [1.82, 2.24) is 5.32 Å². The first kappa shape index (κ1) is 20.0. The first-order valence-electron chi connectivity index (χ1n) is 8.75. The van der Waals surface area contributed by atoms with Crippen LogP contribution in [0.4, 0.5) is 5.69 Å². The SMILES string of the molecule is CCc1cccc(CC)c1N(CC(=O)NCc1ccccc1)S(C)(=O)=O. The van der Waals surface area contributed by atoms with Crippen LogP contribution in [0.25, 0.3) is 0 Å². The van der Waals surface area contributed by atoms with Gasteiger partial charge in [-0.3, -0.25) is 9.10 Å². The summed E-state index contributed by atoms with van der Waals surface area (Å²) in [5.74, 6) is -0.327. The van der Waals surface area contributed by atoms with Gasteiger partial charge in [0, 0.05) is 6.54 Å². The van der Waals surface area contributed by atoms with Crippen LogP contribution in [0.3, 0.4) is 0 Å². The Bertz CT molecular complexity index is 826. The van der Waals surface area contributed by atoms with Crippen molar-refractivity contribution < 1.29 is 13.2 Å². The predicted octanol–water partition coefficient (Wildman–Crippen LogP) is 2.89. The van der Waals surface area contributed by atoms with Gasteiger partial charge < -0.3 is 5.32 Å². The Hall–Kier alpha value is -2.34. The highest BCUT2D eigenvalue weighted by Crippen LogP contribution is 2.28. The van der Waals surface area contributed by atoms with E-state index in [4.69, 9.17) is 0 Å². The molecule has 0 saturated heterocycles. The quantitative estimate of drug-likeness (QED) is 0.773. The fourth-order valence-corrected chi connectivity index (χ4v) is 3.80. The number of carbonyl (C=O) groups excluding carboxylic acids is 1. The molecule has 0 heterocycles. The highest BCUT2D eigenvalue weighted by atomic mass is 32.2. The zero-order valence-corrected chi connectivity index (χ0v) is 16.3. The summed E-state index contributed by atoms with van der Waals surface area (Å²) in [6, 6.07) is 15.3. The van der Waals surface area contributed by atoms with Gasteiger partial charge in [0.15, 0.2) is 0 Å². The van der Waals surface area contributed by atoms with Crippen molar-refractivity contribution in [3.8, 4) is 0 Å². The van der Waals surface area contributed by atoms with Gasteiger partial charge in [-0.2, -0.15) is 0 Å². The number of hydrogen-bond donors (Lipinski definition) is 1. The normalized spacial score (nSPS) is 11.2. The van der Waals surface area contributed by atoms with E-state index >= 15 is 0 Å². The molecule has 0 spiro atoms. The first-order valence-corrected chi connectivity index (χ1v) is 10.6. The van der Waals surface area contributed by atoms with Crippen molar-refractivity contribution in [2.45, 2.75) is 33.2 Å². The molecule has 0 aliphatic rings. The molecule has 5 nitrogen and oxygen atoms in total. The molecule has 2 aromatic rings. The van der Waals surface area contributed by atoms with Gasteiger partial charge in [-0.1, -0.05) is 62.4 Å². The van der Waals surface area contributed by atoms with Crippen molar-refractivity contribution in [2.24, 2.45) is 0 Å². The van der Waals surface area contributed by atoms with Crippen LogP contribution >= 0.6 is 0 Å². The molecule has 0 aliphatic carbocycles. The Morgan fingerprint density at radius 2 is 1.54 bits per heavy atom. The van der Waals surface area contributed by atoms with E-state index in [1.165, 1.54) is 4.31 Å². The summed E-state index contributed by atoms with van der Waals surface area (Å²) in [4.78, 5) is 12.4. The number of benzene rings is 2. The van der Waals surface area contributed by atoms with E-state index in [0.717, 1.165) is 22.9 Å². The molecule has 140 valence electrons. The molecule has 2 rings (SSSR count). The third kappa shape index (κ3) is 5.08. The molecule has 0 fully saturated rings. The van der Waals surface area contributed by atoms with Crippen LogP contribution in [0.1, 0.15) is 30.5 Å². The first-order chi connectivity index (χ1) is 12.4. The van der Waals surface area contributed by atoms with Gasteiger partial charge in [0.25, 0.3) is 0 Å². The molecule has 2 aromatic carbocycles. The molecule has 1 amide bonds. The summed E-state index contributed by atoms with van der Waals surface area (Å²) < 4.78 is 26.1. The minimum absolute atomic E-state index is 0.227. The second kappa shape index (κ2) is 8.85. The number of aryl methyl sites for hydroxylation is 2. The fourth-order valence-electron chi connectivity index (χ4n) is 2.88. The lowest BCUT2D eigenvalue weighted by atomic mass is 10.0. The standard InChI is InChI=1S/C20H26N2O3S/c1-4-17-12-9-13-18(5-2)20(17)22(26(3,24)25)15-19(23)21-14-16-10-7-6-8-11-16/h6-13H,4-5,14-15H2,1-3H3,(H,21,23). The highest BCUT2D eigenvalue weighted by Gasteiger charge is 2.24. The number of sulfonamides is 1. The maximum atomic E-state index is 12.4. The lowest BCUT2D eigenvalue weighted by Gasteiger charge is -2.26. The monoisotopic (exact) mass is 374 g/mol. The molecule has 0 bridgehead atoms. The van der Waals surface area contributed by atoms with E-state index in [2.05, 4.69) is 5.32 Å². The van der Waals surface area contributed by atoms with Gasteiger partial charge in [0.05, 0.1) is 11.9 Å². The zero-order valence-electron chi connectivity index (χ0n) is 15.5. The van der Waals surface area contributed by atoms with Crippen LogP contribution in [0.2, 0.25) is 0 Å². The second-order valence-corrected chi connectivity index (χ2v) is 8.07. The third-order valence-electron chi connectivity index (χ3n) is 4.23. The number of amides is 1. The number of anilines is 1. The Balaban J connectivity index is 2.25. The van der Waals surface area contributed by atoms with Crippen LogP contribution in [0.5, 0.6) is 0 Å². The van der Waals surface area contributed by atoms with Gasteiger partial charge in [0.2, 0.25) is 15.9 Å². The number of para-hydroxylation sites is 1. The second-order valence-electron chi connectivity index (χ2n) is 6.16. The summed E-state index contributed by atoms with van der Waals surface area (Å²) in [5, 5.41) is 2.80. The molecular weight excluding hydrogens is 348 g/mol. The molecule has 0 atom stereocenters. The average molecular weight is 375 g/mol. The summed E-state index contributed by atoms with van der Waals surface area (Å²) in [6.45, 7) is 4.10. The van der Waals surface area contributed by atoms with Gasteiger partial charge in [-0.25, -0.2) is 8.42 Å². The van der Waals surface area contributed by atoms with Crippen LogP contribution in [-0.2, 0) is 34.2 Å². The maximum Gasteiger partial charge on any atom is 0.241 e. The van der Waals surface area contributed by atoms with Crippen molar-refractivity contribution in [1.29, 1.82) is 0 Å². The summed E-state index contributed by atoms with van der Waals surface area (Å²) in [6.07, 6.45) is 2.53.